The smallest absolute Gasteiger partial charge is 0.338 e. The SMILES string of the molecule is CCOC(=O)C1=C(C)OC(N)=C(C#N)C1c1cc(Br)c(OC)cc1I. The van der Waals surface area contributed by atoms with Crippen molar-refractivity contribution in [3.63, 3.8) is 0 Å². The fraction of sp³-hybridized carbons (Fsp3) is 0.294. The van der Waals surface area contributed by atoms with Gasteiger partial charge in [-0.05, 0) is 70.1 Å². The molecule has 0 bridgehead atoms. The van der Waals surface area contributed by atoms with E-state index >= 15 is 0 Å². The van der Waals surface area contributed by atoms with Gasteiger partial charge >= 0.3 is 5.97 Å². The Hall–Kier alpha value is -1.73. The van der Waals surface area contributed by atoms with E-state index in [1.165, 1.54) is 0 Å². The molecule has 1 unspecified atom stereocenters. The zero-order valence-electron chi connectivity index (χ0n) is 13.9. The minimum absolute atomic E-state index is 0.0132. The molecule has 6 nitrogen and oxygen atoms in total. The summed E-state index contributed by atoms with van der Waals surface area (Å²) in [7, 11) is 1.57. The lowest BCUT2D eigenvalue weighted by molar-refractivity contribution is -0.139. The first kappa shape index (κ1) is 19.6. The number of halogens is 2. The number of methoxy groups -OCH3 is 1. The molecule has 0 aliphatic carbocycles. The molecule has 132 valence electrons. The van der Waals surface area contributed by atoms with Crippen molar-refractivity contribution >= 4 is 44.5 Å². The van der Waals surface area contributed by atoms with Crippen molar-refractivity contribution < 1.29 is 19.0 Å². The zero-order valence-corrected chi connectivity index (χ0v) is 17.6. The predicted octanol–water partition coefficient (Wildman–Crippen LogP) is 3.71. The van der Waals surface area contributed by atoms with E-state index in [1.54, 1.807) is 21.0 Å². The van der Waals surface area contributed by atoms with Crippen molar-refractivity contribution in [1.82, 2.24) is 0 Å². The van der Waals surface area contributed by atoms with E-state index in [2.05, 4.69) is 44.6 Å². The van der Waals surface area contributed by atoms with E-state index in [0.717, 1.165) is 9.13 Å². The molecule has 1 aliphatic rings. The molecular weight excluding hydrogens is 503 g/mol. The average molecular weight is 519 g/mol. The molecule has 1 aliphatic heterocycles. The molecule has 2 rings (SSSR count). The van der Waals surface area contributed by atoms with Crippen LogP contribution in [0.2, 0.25) is 0 Å². The third-order valence-corrected chi connectivity index (χ3v) is 5.24. The number of esters is 1. The molecule has 0 saturated carbocycles. The lowest BCUT2D eigenvalue weighted by atomic mass is 9.83. The molecule has 0 saturated heterocycles. The maximum atomic E-state index is 12.5. The number of carbonyl (C=O) groups is 1. The van der Waals surface area contributed by atoms with Crippen LogP contribution in [0, 0.1) is 14.9 Å². The second-order valence-electron chi connectivity index (χ2n) is 5.12. The van der Waals surface area contributed by atoms with Crippen LogP contribution in [-0.4, -0.2) is 19.7 Å². The Morgan fingerprint density at radius 2 is 2.20 bits per heavy atom. The molecule has 1 aromatic carbocycles. The number of nitrogens with two attached hydrogens (primary N) is 1. The van der Waals surface area contributed by atoms with Gasteiger partial charge in [-0.3, -0.25) is 0 Å². The fourth-order valence-electron chi connectivity index (χ4n) is 2.59. The van der Waals surface area contributed by atoms with Crippen LogP contribution < -0.4 is 10.5 Å². The van der Waals surface area contributed by atoms with Gasteiger partial charge in [0.2, 0.25) is 5.88 Å². The van der Waals surface area contributed by atoms with Crippen LogP contribution in [0.25, 0.3) is 0 Å². The highest BCUT2D eigenvalue weighted by molar-refractivity contribution is 14.1. The Morgan fingerprint density at radius 1 is 1.52 bits per heavy atom. The maximum Gasteiger partial charge on any atom is 0.338 e. The Morgan fingerprint density at radius 3 is 2.76 bits per heavy atom. The van der Waals surface area contributed by atoms with Crippen LogP contribution in [-0.2, 0) is 14.3 Å². The molecule has 25 heavy (non-hydrogen) atoms. The summed E-state index contributed by atoms with van der Waals surface area (Å²) in [6.45, 7) is 3.56. The molecule has 1 atom stereocenters. The maximum absolute atomic E-state index is 12.5. The topological polar surface area (TPSA) is 94.6 Å². The van der Waals surface area contributed by atoms with Crippen molar-refractivity contribution in [2.24, 2.45) is 5.73 Å². The first-order valence-electron chi connectivity index (χ1n) is 7.34. The standard InChI is InChI=1S/C17H16BrIN2O4/c1-4-24-17(22)14-8(2)25-16(21)10(7-20)15(14)9-5-11(18)13(23-3)6-12(9)19/h5-6,15H,4,21H2,1-3H3. The Bertz CT molecular complexity index is 827. The highest BCUT2D eigenvalue weighted by Gasteiger charge is 2.37. The monoisotopic (exact) mass is 518 g/mol. The Kier molecular flexibility index (Phi) is 6.35. The normalized spacial score (nSPS) is 17.0. The quantitative estimate of drug-likeness (QED) is 0.482. The zero-order chi connectivity index (χ0) is 18.7. The summed E-state index contributed by atoms with van der Waals surface area (Å²) in [5, 5.41) is 9.59. The molecule has 0 aromatic heterocycles. The van der Waals surface area contributed by atoms with Gasteiger partial charge in [0.05, 0.1) is 29.7 Å². The molecule has 2 N–H and O–H groups in total. The van der Waals surface area contributed by atoms with E-state index in [9.17, 15) is 10.1 Å². The van der Waals surface area contributed by atoms with E-state index < -0.39 is 11.9 Å². The molecule has 0 radical (unpaired) electrons. The Balaban J connectivity index is 2.71. The van der Waals surface area contributed by atoms with Crippen molar-refractivity contribution in [2.45, 2.75) is 19.8 Å². The summed E-state index contributed by atoms with van der Waals surface area (Å²) in [5.74, 6) is -0.252. The summed E-state index contributed by atoms with van der Waals surface area (Å²) in [5.41, 5.74) is 7.07. The highest BCUT2D eigenvalue weighted by Crippen LogP contribution is 2.43. The van der Waals surface area contributed by atoms with Gasteiger partial charge in [-0.15, -0.1) is 0 Å². The minimum atomic E-state index is -0.674. The summed E-state index contributed by atoms with van der Waals surface area (Å²) >= 11 is 5.58. The van der Waals surface area contributed by atoms with E-state index in [0.29, 0.717) is 16.0 Å². The lowest BCUT2D eigenvalue weighted by Crippen LogP contribution is -2.26. The first-order valence-corrected chi connectivity index (χ1v) is 9.21. The van der Waals surface area contributed by atoms with Crippen molar-refractivity contribution in [1.29, 1.82) is 5.26 Å². The van der Waals surface area contributed by atoms with E-state index in [1.807, 2.05) is 12.1 Å². The summed E-state index contributed by atoms with van der Waals surface area (Å²) in [6.07, 6.45) is 0. The van der Waals surface area contributed by atoms with Gasteiger partial charge in [0, 0.05) is 3.57 Å². The number of ether oxygens (including phenoxy) is 3. The van der Waals surface area contributed by atoms with Crippen molar-refractivity contribution in [2.75, 3.05) is 13.7 Å². The van der Waals surface area contributed by atoms with Gasteiger partial charge in [-0.1, -0.05) is 0 Å². The number of hydrogen-bond acceptors (Lipinski definition) is 6. The molecule has 0 fully saturated rings. The van der Waals surface area contributed by atoms with Crippen LogP contribution in [0.1, 0.15) is 25.3 Å². The number of benzene rings is 1. The predicted molar refractivity (Wildman–Crippen MR) is 103 cm³/mol. The second kappa shape index (κ2) is 8.10. The molecule has 8 heteroatoms. The molecule has 1 aromatic rings. The van der Waals surface area contributed by atoms with Gasteiger partial charge < -0.3 is 19.9 Å². The third-order valence-electron chi connectivity index (χ3n) is 3.68. The number of rotatable bonds is 4. The van der Waals surface area contributed by atoms with Gasteiger partial charge in [-0.2, -0.15) is 5.26 Å². The summed E-state index contributed by atoms with van der Waals surface area (Å²) < 4.78 is 17.4. The number of hydrogen-bond donors (Lipinski definition) is 1. The molecule has 0 spiro atoms. The van der Waals surface area contributed by atoms with Crippen LogP contribution in [0.15, 0.2) is 39.4 Å². The number of allylic oxidation sites excluding steroid dienone is 2. The van der Waals surface area contributed by atoms with Crippen LogP contribution >= 0.6 is 38.5 Å². The third kappa shape index (κ3) is 3.77. The van der Waals surface area contributed by atoms with Crippen molar-refractivity contribution in [3.8, 4) is 11.8 Å². The van der Waals surface area contributed by atoms with Crippen LogP contribution in [0.5, 0.6) is 5.75 Å². The fourth-order valence-corrected chi connectivity index (χ4v) is 3.86. The second-order valence-corrected chi connectivity index (χ2v) is 7.14. The largest absolute Gasteiger partial charge is 0.496 e. The average Bonchev–Trinajstić information content (AvgIpc) is 2.56. The molecule has 1 heterocycles. The lowest BCUT2D eigenvalue weighted by Gasteiger charge is -2.27. The van der Waals surface area contributed by atoms with Gasteiger partial charge in [-0.25, -0.2) is 4.79 Å². The number of carbonyl (C=O) groups excluding carboxylic acids is 1. The van der Waals surface area contributed by atoms with Crippen LogP contribution in [0.3, 0.4) is 0 Å². The van der Waals surface area contributed by atoms with Crippen LogP contribution in [0.4, 0.5) is 0 Å². The summed E-state index contributed by atoms with van der Waals surface area (Å²) in [6, 6.07) is 5.69. The van der Waals surface area contributed by atoms with E-state index in [-0.39, 0.29) is 23.6 Å². The van der Waals surface area contributed by atoms with Crippen molar-refractivity contribution in [3.05, 3.63) is 48.5 Å². The molecule has 0 amide bonds. The van der Waals surface area contributed by atoms with Gasteiger partial charge in [0.1, 0.15) is 23.2 Å². The first-order chi connectivity index (χ1) is 11.8. The molecular formula is C17H16BrIN2O4. The highest BCUT2D eigenvalue weighted by atomic mass is 127. The van der Waals surface area contributed by atoms with Gasteiger partial charge in [0.25, 0.3) is 0 Å². The number of nitrogens with zero attached hydrogens (tertiary/aromatic N) is 1. The van der Waals surface area contributed by atoms with Gasteiger partial charge in [0.15, 0.2) is 0 Å². The Labute approximate surface area is 167 Å². The minimum Gasteiger partial charge on any atom is -0.496 e. The van der Waals surface area contributed by atoms with E-state index in [4.69, 9.17) is 19.9 Å². The number of nitriles is 1. The summed E-state index contributed by atoms with van der Waals surface area (Å²) in [4.78, 5) is 12.5.